The van der Waals surface area contributed by atoms with E-state index in [0.717, 1.165) is 23.0 Å². The van der Waals surface area contributed by atoms with Crippen LogP contribution in [0.4, 0.5) is 0 Å². The molecule has 0 fully saturated rings. The van der Waals surface area contributed by atoms with E-state index in [2.05, 4.69) is 41.2 Å². The van der Waals surface area contributed by atoms with E-state index in [-0.39, 0.29) is 11.9 Å². The van der Waals surface area contributed by atoms with Gasteiger partial charge < -0.3 is 5.32 Å². The van der Waals surface area contributed by atoms with Crippen LogP contribution < -0.4 is 5.32 Å². The predicted octanol–water partition coefficient (Wildman–Crippen LogP) is 3.78. The third kappa shape index (κ3) is 3.15. The lowest BCUT2D eigenvalue weighted by Gasteiger charge is -2.18. The number of rotatable bonds is 4. The molecule has 1 aliphatic carbocycles. The molecule has 1 aromatic heterocycles. The zero-order chi connectivity index (χ0) is 13.1. The fraction of sp³-hybridized carbons (Fsp3) is 0.643. The van der Waals surface area contributed by atoms with Gasteiger partial charge in [-0.25, -0.2) is 0 Å². The number of carbonyl (C=O) groups excluding carboxylic acids is 1. The molecule has 1 aliphatic rings. The molecule has 1 aromatic rings. The van der Waals surface area contributed by atoms with Gasteiger partial charge in [-0.05, 0) is 50.2 Å². The van der Waals surface area contributed by atoms with Crippen molar-refractivity contribution in [1.82, 2.24) is 5.32 Å². The van der Waals surface area contributed by atoms with E-state index in [9.17, 15) is 4.79 Å². The Morgan fingerprint density at radius 2 is 2.17 bits per heavy atom. The summed E-state index contributed by atoms with van der Waals surface area (Å²) < 4.78 is 0. The Labute approximate surface area is 121 Å². The zero-order valence-corrected chi connectivity index (χ0v) is 13.4. The van der Waals surface area contributed by atoms with Crippen LogP contribution in [0, 0.1) is 5.92 Å². The number of thiophene rings is 1. The second kappa shape index (κ2) is 6.20. The number of aryl methyl sites for hydroxylation is 2. The van der Waals surface area contributed by atoms with Crippen molar-refractivity contribution >= 4 is 33.2 Å². The lowest BCUT2D eigenvalue weighted by atomic mass is 9.99. The molecule has 2 nitrogen and oxygen atoms in total. The maximum Gasteiger partial charge on any atom is 0.261 e. The van der Waals surface area contributed by atoms with Gasteiger partial charge >= 0.3 is 0 Å². The van der Waals surface area contributed by atoms with E-state index in [0.29, 0.717) is 5.92 Å². The molecule has 0 saturated heterocycles. The van der Waals surface area contributed by atoms with Crippen LogP contribution in [0.5, 0.6) is 0 Å². The Morgan fingerprint density at radius 3 is 2.83 bits per heavy atom. The van der Waals surface area contributed by atoms with Crippen LogP contribution in [-0.2, 0) is 12.8 Å². The average Bonchev–Trinajstić information content (AvgIpc) is 2.81. The zero-order valence-electron chi connectivity index (χ0n) is 11.0. The Morgan fingerprint density at radius 1 is 1.44 bits per heavy atom. The minimum absolute atomic E-state index is 0.0923. The summed E-state index contributed by atoms with van der Waals surface area (Å²) in [5.41, 5.74) is 1.40. The summed E-state index contributed by atoms with van der Waals surface area (Å²) in [7, 11) is 0. The number of amides is 1. The van der Waals surface area contributed by atoms with Gasteiger partial charge in [0.2, 0.25) is 0 Å². The van der Waals surface area contributed by atoms with Gasteiger partial charge in [0.25, 0.3) is 5.91 Å². The van der Waals surface area contributed by atoms with Crippen LogP contribution in [0.2, 0.25) is 0 Å². The first-order valence-corrected chi connectivity index (χ1v) is 8.54. The summed E-state index contributed by atoms with van der Waals surface area (Å²) >= 11 is 5.14. The standard InChI is InChI=1S/C14H20BrNOS/c1-9(8-15)10(2)16-14(17)13-7-11-5-3-4-6-12(11)18-13/h7,9-10H,3-6,8H2,1-2H3,(H,16,17). The molecule has 0 radical (unpaired) electrons. The van der Waals surface area contributed by atoms with Crippen LogP contribution in [0.25, 0.3) is 0 Å². The quantitative estimate of drug-likeness (QED) is 0.837. The number of hydrogen-bond donors (Lipinski definition) is 1. The van der Waals surface area contributed by atoms with Gasteiger partial charge in [-0.15, -0.1) is 11.3 Å². The molecule has 100 valence electrons. The van der Waals surface area contributed by atoms with Gasteiger partial charge in [0.15, 0.2) is 0 Å². The number of alkyl halides is 1. The van der Waals surface area contributed by atoms with Crippen molar-refractivity contribution in [1.29, 1.82) is 0 Å². The summed E-state index contributed by atoms with van der Waals surface area (Å²) in [4.78, 5) is 14.5. The van der Waals surface area contributed by atoms with Crippen LogP contribution >= 0.6 is 27.3 Å². The highest BCUT2D eigenvalue weighted by Gasteiger charge is 2.19. The Balaban J connectivity index is 2.03. The molecule has 0 bridgehead atoms. The van der Waals surface area contributed by atoms with E-state index in [1.165, 1.54) is 23.3 Å². The van der Waals surface area contributed by atoms with Crippen molar-refractivity contribution in [2.24, 2.45) is 5.92 Å². The van der Waals surface area contributed by atoms with E-state index < -0.39 is 0 Å². The van der Waals surface area contributed by atoms with E-state index in [1.807, 2.05) is 0 Å². The van der Waals surface area contributed by atoms with Gasteiger partial charge in [-0.3, -0.25) is 4.79 Å². The van der Waals surface area contributed by atoms with Gasteiger partial charge in [0.05, 0.1) is 4.88 Å². The Bertz CT molecular complexity index is 406. The van der Waals surface area contributed by atoms with Gasteiger partial charge in [0, 0.05) is 16.2 Å². The SMILES string of the molecule is CC(CBr)C(C)NC(=O)c1cc2c(s1)CCCC2. The topological polar surface area (TPSA) is 29.1 Å². The molecule has 1 amide bonds. The van der Waals surface area contributed by atoms with Crippen molar-refractivity contribution in [2.45, 2.75) is 45.6 Å². The summed E-state index contributed by atoms with van der Waals surface area (Å²) in [5.74, 6) is 0.540. The van der Waals surface area contributed by atoms with Crippen molar-refractivity contribution in [3.63, 3.8) is 0 Å². The minimum atomic E-state index is 0.0923. The van der Waals surface area contributed by atoms with Crippen LogP contribution in [0.1, 0.15) is 46.8 Å². The monoisotopic (exact) mass is 329 g/mol. The lowest BCUT2D eigenvalue weighted by Crippen LogP contribution is -2.37. The highest BCUT2D eigenvalue weighted by Crippen LogP contribution is 2.29. The van der Waals surface area contributed by atoms with Gasteiger partial charge in [-0.1, -0.05) is 22.9 Å². The van der Waals surface area contributed by atoms with Crippen molar-refractivity contribution in [3.8, 4) is 0 Å². The second-order valence-electron chi connectivity index (χ2n) is 5.16. The van der Waals surface area contributed by atoms with Gasteiger partial charge in [-0.2, -0.15) is 0 Å². The lowest BCUT2D eigenvalue weighted by molar-refractivity contribution is 0.0935. The normalized spacial score (nSPS) is 17.9. The summed E-state index contributed by atoms with van der Waals surface area (Å²) in [5, 5.41) is 4.01. The highest BCUT2D eigenvalue weighted by molar-refractivity contribution is 9.09. The van der Waals surface area contributed by atoms with Crippen LogP contribution in [0.3, 0.4) is 0 Å². The first-order chi connectivity index (χ1) is 8.61. The molecule has 4 heteroatoms. The molecule has 2 atom stereocenters. The van der Waals surface area contributed by atoms with E-state index in [1.54, 1.807) is 11.3 Å². The van der Waals surface area contributed by atoms with Gasteiger partial charge in [0.1, 0.15) is 0 Å². The Kier molecular flexibility index (Phi) is 4.84. The molecule has 2 unspecified atom stereocenters. The largest absolute Gasteiger partial charge is 0.349 e. The fourth-order valence-corrected chi connectivity index (χ4v) is 3.87. The number of halogens is 1. The number of fused-ring (bicyclic) bond motifs is 1. The summed E-state index contributed by atoms with van der Waals surface area (Å²) in [6.45, 7) is 4.20. The molecule has 0 spiro atoms. The number of hydrogen-bond acceptors (Lipinski definition) is 2. The fourth-order valence-electron chi connectivity index (χ4n) is 2.16. The smallest absolute Gasteiger partial charge is 0.261 e. The maximum absolute atomic E-state index is 12.2. The molecular weight excluding hydrogens is 310 g/mol. The minimum Gasteiger partial charge on any atom is -0.349 e. The maximum atomic E-state index is 12.2. The molecule has 0 aromatic carbocycles. The molecule has 1 N–H and O–H groups in total. The third-order valence-corrected chi connectivity index (χ3v) is 5.93. The van der Waals surface area contributed by atoms with Crippen molar-refractivity contribution in [3.05, 3.63) is 21.4 Å². The first-order valence-electron chi connectivity index (χ1n) is 6.60. The highest BCUT2D eigenvalue weighted by atomic mass is 79.9. The van der Waals surface area contributed by atoms with E-state index in [4.69, 9.17) is 0 Å². The molecule has 0 aliphatic heterocycles. The summed E-state index contributed by atoms with van der Waals surface area (Å²) in [6, 6.07) is 2.30. The first kappa shape index (κ1) is 14.1. The molecule has 0 saturated carbocycles. The third-order valence-electron chi connectivity index (χ3n) is 3.68. The molecule has 18 heavy (non-hydrogen) atoms. The summed E-state index contributed by atoms with van der Waals surface area (Å²) in [6.07, 6.45) is 4.83. The van der Waals surface area contributed by atoms with Crippen LogP contribution in [-0.4, -0.2) is 17.3 Å². The molecular formula is C14H20BrNOS. The van der Waals surface area contributed by atoms with Crippen LogP contribution in [0.15, 0.2) is 6.07 Å². The average molecular weight is 330 g/mol. The Hall–Kier alpha value is -0.350. The van der Waals surface area contributed by atoms with Crippen molar-refractivity contribution < 1.29 is 4.79 Å². The molecule has 2 rings (SSSR count). The number of carbonyl (C=O) groups is 1. The second-order valence-corrected chi connectivity index (χ2v) is 6.94. The van der Waals surface area contributed by atoms with Crippen molar-refractivity contribution in [2.75, 3.05) is 5.33 Å². The number of nitrogens with one attached hydrogen (secondary N) is 1. The predicted molar refractivity (Wildman–Crippen MR) is 80.8 cm³/mol. The molecule has 1 heterocycles. The van der Waals surface area contributed by atoms with E-state index >= 15 is 0 Å².